The summed E-state index contributed by atoms with van der Waals surface area (Å²) in [4.78, 5) is 0. The number of hydrogen-bond acceptors (Lipinski definition) is 5. The first kappa shape index (κ1) is 12.8. The Bertz CT molecular complexity index is 153. The van der Waals surface area contributed by atoms with E-state index in [4.69, 9.17) is 10.2 Å². The minimum absolute atomic E-state index is 0.196. The average Bonchev–Trinajstić information content (AvgIpc) is 2.01. The SMILES string of the molecule is CC(C)(O)C(O)(CCO)C(O)CO. The van der Waals surface area contributed by atoms with Gasteiger partial charge in [0.15, 0.2) is 0 Å². The van der Waals surface area contributed by atoms with Crippen molar-refractivity contribution in [3.63, 3.8) is 0 Å². The van der Waals surface area contributed by atoms with E-state index in [1.807, 2.05) is 0 Å². The summed E-state index contributed by atoms with van der Waals surface area (Å²) in [6.07, 6.45) is -1.67. The van der Waals surface area contributed by atoms with Gasteiger partial charge in [-0.2, -0.15) is 0 Å². The highest BCUT2D eigenvalue weighted by atomic mass is 16.4. The molecule has 0 saturated carbocycles. The van der Waals surface area contributed by atoms with Gasteiger partial charge in [-0.15, -0.1) is 0 Å². The van der Waals surface area contributed by atoms with Crippen LogP contribution >= 0.6 is 0 Å². The molecule has 0 heterocycles. The lowest BCUT2D eigenvalue weighted by molar-refractivity contribution is -0.202. The fourth-order valence-electron chi connectivity index (χ4n) is 1.20. The first-order valence-electron chi connectivity index (χ1n) is 4.14. The van der Waals surface area contributed by atoms with Crippen molar-refractivity contribution < 1.29 is 25.5 Å². The molecule has 0 aromatic carbocycles. The molecule has 2 unspecified atom stereocenters. The fourth-order valence-corrected chi connectivity index (χ4v) is 1.20. The van der Waals surface area contributed by atoms with E-state index in [2.05, 4.69) is 0 Å². The van der Waals surface area contributed by atoms with E-state index in [1.165, 1.54) is 13.8 Å². The summed E-state index contributed by atoms with van der Waals surface area (Å²) in [5, 5.41) is 45.9. The predicted molar refractivity (Wildman–Crippen MR) is 46.0 cm³/mol. The molecule has 0 radical (unpaired) electrons. The Balaban J connectivity index is 4.72. The van der Waals surface area contributed by atoms with Crippen molar-refractivity contribution in [2.45, 2.75) is 37.6 Å². The van der Waals surface area contributed by atoms with Crippen LogP contribution in [0.5, 0.6) is 0 Å². The molecule has 0 aliphatic rings. The van der Waals surface area contributed by atoms with Gasteiger partial charge in [0.2, 0.25) is 0 Å². The molecule has 0 bridgehead atoms. The van der Waals surface area contributed by atoms with Gasteiger partial charge in [0.25, 0.3) is 0 Å². The van der Waals surface area contributed by atoms with Crippen molar-refractivity contribution >= 4 is 0 Å². The Hall–Kier alpha value is -0.200. The summed E-state index contributed by atoms with van der Waals surface area (Å²) < 4.78 is 0. The summed E-state index contributed by atoms with van der Waals surface area (Å²) >= 11 is 0. The zero-order valence-electron chi connectivity index (χ0n) is 7.93. The van der Waals surface area contributed by atoms with Crippen molar-refractivity contribution in [3.8, 4) is 0 Å². The first-order valence-corrected chi connectivity index (χ1v) is 4.14. The van der Waals surface area contributed by atoms with E-state index in [0.29, 0.717) is 0 Å². The van der Waals surface area contributed by atoms with Gasteiger partial charge in [0.05, 0.1) is 12.2 Å². The lowest BCUT2D eigenvalue weighted by atomic mass is 9.79. The maximum atomic E-state index is 9.80. The molecular weight excluding hydrogens is 176 g/mol. The highest BCUT2D eigenvalue weighted by Gasteiger charge is 2.47. The monoisotopic (exact) mass is 194 g/mol. The van der Waals surface area contributed by atoms with Crippen LogP contribution in [-0.4, -0.2) is 56.1 Å². The third-order valence-corrected chi connectivity index (χ3v) is 2.28. The molecule has 5 nitrogen and oxygen atoms in total. The summed E-state index contributed by atoms with van der Waals surface area (Å²) in [6, 6.07) is 0. The summed E-state index contributed by atoms with van der Waals surface area (Å²) in [5.74, 6) is 0. The van der Waals surface area contributed by atoms with Gasteiger partial charge in [-0.05, 0) is 13.8 Å². The van der Waals surface area contributed by atoms with E-state index < -0.39 is 23.9 Å². The molecule has 5 N–H and O–H groups in total. The van der Waals surface area contributed by atoms with E-state index in [9.17, 15) is 15.3 Å². The Labute approximate surface area is 77.3 Å². The second-order valence-electron chi connectivity index (χ2n) is 3.66. The first-order chi connectivity index (χ1) is 5.79. The van der Waals surface area contributed by atoms with Crippen molar-refractivity contribution in [2.24, 2.45) is 0 Å². The Kier molecular flexibility index (Phi) is 4.28. The molecule has 0 saturated heterocycles. The van der Waals surface area contributed by atoms with Crippen molar-refractivity contribution in [1.29, 1.82) is 0 Å². The molecule has 0 amide bonds. The lowest BCUT2D eigenvalue weighted by Crippen LogP contribution is -2.59. The van der Waals surface area contributed by atoms with E-state index >= 15 is 0 Å². The van der Waals surface area contributed by atoms with Crippen LogP contribution in [0.1, 0.15) is 20.3 Å². The fraction of sp³-hybridized carbons (Fsp3) is 1.00. The van der Waals surface area contributed by atoms with Gasteiger partial charge < -0.3 is 25.5 Å². The zero-order valence-corrected chi connectivity index (χ0v) is 7.93. The number of aliphatic hydroxyl groups excluding tert-OH is 3. The molecule has 80 valence electrons. The van der Waals surface area contributed by atoms with E-state index in [1.54, 1.807) is 0 Å². The van der Waals surface area contributed by atoms with Crippen LogP contribution < -0.4 is 0 Å². The van der Waals surface area contributed by atoms with Crippen LogP contribution in [0.2, 0.25) is 0 Å². The van der Waals surface area contributed by atoms with Crippen LogP contribution in [0.3, 0.4) is 0 Å². The van der Waals surface area contributed by atoms with Gasteiger partial charge in [0, 0.05) is 13.0 Å². The summed E-state index contributed by atoms with van der Waals surface area (Å²) in [5.41, 5.74) is -3.48. The van der Waals surface area contributed by atoms with E-state index in [-0.39, 0.29) is 13.0 Å². The molecule has 0 aliphatic heterocycles. The molecule has 0 spiro atoms. The van der Waals surface area contributed by atoms with Crippen LogP contribution in [0.25, 0.3) is 0 Å². The van der Waals surface area contributed by atoms with Gasteiger partial charge in [-0.1, -0.05) is 0 Å². The number of aliphatic hydroxyl groups is 5. The predicted octanol–water partition coefficient (Wildman–Crippen LogP) is -1.78. The lowest BCUT2D eigenvalue weighted by Gasteiger charge is -2.41. The quantitative estimate of drug-likeness (QED) is 0.356. The van der Waals surface area contributed by atoms with Crippen molar-refractivity contribution in [1.82, 2.24) is 0 Å². The average molecular weight is 194 g/mol. The number of rotatable bonds is 5. The molecule has 0 fully saturated rings. The molecule has 2 atom stereocenters. The topological polar surface area (TPSA) is 101 Å². The smallest absolute Gasteiger partial charge is 0.123 e. The number of hydrogen-bond donors (Lipinski definition) is 5. The largest absolute Gasteiger partial charge is 0.396 e. The molecule has 0 aliphatic carbocycles. The van der Waals surface area contributed by atoms with Crippen molar-refractivity contribution in [2.75, 3.05) is 13.2 Å². The molecule has 0 aromatic rings. The second-order valence-corrected chi connectivity index (χ2v) is 3.66. The third-order valence-electron chi connectivity index (χ3n) is 2.28. The molecule has 0 rings (SSSR count). The van der Waals surface area contributed by atoms with Crippen LogP contribution in [0.15, 0.2) is 0 Å². The van der Waals surface area contributed by atoms with Gasteiger partial charge >= 0.3 is 0 Å². The Morgan fingerprint density at radius 3 is 1.85 bits per heavy atom. The molecule has 13 heavy (non-hydrogen) atoms. The Morgan fingerprint density at radius 2 is 1.62 bits per heavy atom. The molecule has 0 aromatic heterocycles. The zero-order chi connectivity index (χ0) is 10.7. The maximum Gasteiger partial charge on any atom is 0.123 e. The summed E-state index contributed by atoms with van der Waals surface area (Å²) in [7, 11) is 0. The second kappa shape index (κ2) is 4.34. The van der Waals surface area contributed by atoms with Crippen LogP contribution in [0, 0.1) is 0 Å². The van der Waals surface area contributed by atoms with Gasteiger partial charge in [0.1, 0.15) is 11.7 Å². The third kappa shape index (κ3) is 2.62. The molecular formula is C8H18O5. The Morgan fingerprint density at radius 1 is 1.15 bits per heavy atom. The highest BCUT2D eigenvalue weighted by Crippen LogP contribution is 2.28. The minimum Gasteiger partial charge on any atom is -0.396 e. The van der Waals surface area contributed by atoms with Gasteiger partial charge in [-0.25, -0.2) is 0 Å². The molecule has 5 heteroatoms. The standard InChI is InChI=1S/C8H18O5/c1-7(2,12)8(13,3-4-9)6(11)5-10/h6,9-13H,3-5H2,1-2H3. The minimum atomic E-state index is -1.89. The van der Waals surface area contributed by atoms with E-state index in [0.717, 1.165) is 0 Å². The van der Waals surface area contributed by atoms with Gasteiger partial charge in [-0.3, -0.25) is 0 Å². The maximum absolute atomic E-state index is 9.80. The van der Waals surface area contributed by atoms with Crippen molar-refractivity contribution in [3.05, 3.63) is 0 Å². The van der Waals surface area contributed by atoms with Crippen LogP contribution in [-0.2, 0) is 0 Å². The summed E-state index contributed by atoms with van der Waals surface area (Å²) in [6.45, 7) is 1.57. The normalized spacial score (nSPS) is 19.6. The van der Waals surface area contributed by atoms with Crippen LogP contribution in [0.4, 0.5) is 0 Å². The highest BCUT2D eigenvalue weighted by molar-refractivity contribution is 4.98.